The van der Waals surface area contributed by atoms with Crippen molar-refractivity contribution < 1.29 is 14.6 Å². The highest BCUT2D eigenvalue weighted by molar-refractivity contribution is 5.76. The van der Waals surface area contributed by atoms with Crippen molar-refractivity contribution >= 4 is 5.97 Å². The molecule has 118 valence electrons. The smallest absolute Gasteiger partial charge is 0.323 e. The second-order valence-electron chi connectivity index (χ2n) is 7.45. The van der Waals surface area contributed by atoms with E-state index in [-0.39, 0.29) is 11.2 Å². The van der Waals surface area contributed by atoms with E-state index in [1.807, 2.05) is 47.6 Å². The van der Waals surface area contributed by atoms with Gasteiger partial charge in [-0.25, -0.2) is 0 Å². The number of esters is 1. The van der Waals surface area contributed by atoms with Gasteiger partial charge in [0.05, 0.1) is 0 Å². The van der Waals surface area contributed by atoms with Crippen LogP contribution in [0.3, 0.4) is 0 Å². The molecule has 0 spiro atoms. The first-order chi connectivity index (χ1) is 9.40. The zero-order chi connectivity index (χ0) is 16.4. The maximum Gasteiger partial charge on any atom is 0.323 e. The molecule has 1 aromatic carbocycles. The highest BCUT2D eigenvalue weighted by atomic mass is 16.6. The van der Waals surface area contributed by atoms with E-state index in [0.717, 1.165) is 11.1 Å². The number of aromatic hydroxyl groups is 1. The first-order valence-corrected chi connectivity index (χ1v) is 7.21. The maximum absolute atomic E-state index is 11.9. The van der Waals surface area contributed by atoms with Crippen LogP contribution in [0.1, 0.15) is 52.7 Å². The highest BCUT2D eigenvalue weighted by Gasteiger charge is 2.24. The molecule has 0 amide bonds. The Bertz CT molecular complexity index is 510. The normalized spacial score (nSPS) is 13.9. The van der Waals surface area contributed by atoms with Crippen LogP contribution >= 0.6 is 0 Å². The van der Waals surface area contributed by atoms with Gasteiger partial charge in [-0.15, -0.1) is 0 Å². The Morgan fingerprint density at radius 1 is 1.24 bits per heavy atom. The fraction of sp³-hybridized carbons (Fsp3) is 0.588. The molecule has 1 atom stereocenters. The second kappa shape index (κ2) is 6.06. The Labute approximate surface area is 127 Å². The van der Waals surface area contributed by atoms with Crippen LogP contribution in [0.25, 0.3) is 0 Å². The molecular formula is C17H27NO3. The van der Waals surface area contributed by atoms with Crippen LogP contribution in [-0.2, 0) is 21.4 Å². The van der Waals surface area contributed by atoms with Crippen LogP contribution in [0, 0.1) is 0 Å². The van der Waals surface area contributed by atoms with Gasteiger partial charge in [-0.2, -0.15) is 0 Å². The molecule has 0 heterocycles. The quantitative estimate of drug-likeness (QED) is 0.840. The van der Waals surface area contributed by atoms with Crippen LogP contribution < -0.4 is 5.73 Å². The number of phenols is 1. The van der Waals surface area contributed by atoms with Crippen molar-refractivity contribution in [2.45, 2.75) is 65.0 Å². The third-order valence-electron chi connectivity index (χ3n) is 3.03. The molecule has 4 heteroatoms. The first-order valence-electron chi connectivity index (χ1n) is 7.21. The molecule has 0 aromatic heterocycles. The van der Waals surface area contributed by atoms with Gasteiger partial charge in [0.25, 0.3) is 0 Å². The topological polar surface area (TPSA) is 72.5 Å². The summed E-state index contributed by atoms with van der Waals surface area (Å²) < 4.78 is 5.28. The molecule has 0 radical (unpaired) electrons. The Hall–Kier alpha value is -1.55. The fourth-order valence-corrected chi connectivity index (χ4v) is 2.03. The van der Waals surface area contributed by atoms with Gasteiger partial charge in [0, 0.05) is 0 Å². The van der Waals surface area contributed by atoms with Crippen molar-refractivity contribution in [2.75, 3.05) is 0 Å². The summed E-state index contributed by atoms with van der Waals surface area (Å²) in [5, 5.41) is 9.94. The van der Waals surface area contributed by atoms with Crippen LogP contribution in [-0.4, -0.2) is 22.7 Å². The summed E-state index contributed by atoms with van der Waals surface area (Å²) >= 11 is 0. The predicted octanol–water partition coefficient (Wildman–Crippen LogP) is 2.90. The summed E-state index contributed by atoms with van der Waals surface area (Å²) in [7, 11) is 0. The van der Waals surface area contributed by atoms with E-state index < -0.39 is 17.6 Å². The minimum Gasteiger partial charge on any atom is -0.508 e. The second-order valence-corrected chi connectivity index (χ2v) is 7.45. The van der Waals surface area contributed by atoms with Crippen LogP contribution in [0.5, 0.6) is 5.75 Å². The number of hydrogen-bond acceptors (Lipinski definition) is 4. The zero-order valence-corrected chi connectivity index (χ0v) is 13.9. The van der Waals surface area contributed by atoms with Crippen molar-refractivity contribution in [3.8, 4) is 5.75 Å². The van der Waals surface area contributed by atoms with E-state index in [4.69, 9.17) is 10.5 Å². The standard InChI is InChI=1S/C17H27NO3/c1-16(2,3)12-9-11(7-8-14(12)19)10-13(18)15(20)21-17(4,5)6/h7-9,13,19H,10,18H2,1-6H3/t13-/m0/s1. The summed E-state index contributed by atoms with van der Waals surface area (Å²) in [6, 6.07) is 4.63. The van der Waals surface area contributed by atoms with Crippen LogP contribution in [0.15, 0.2) is 18.2 Å². The van der Waals surface area contributed by atoms with Crippen LogP contribution in [0.2, 0.25) is 0 Å². The highest BCUT2D eigenvalue weighted by Crippen LogP contribution is 2.31. The van der Waals surface area contributed by atoms with Gasteiger partial charge in [-0.1, -0.05) is 32.9 Å². The zero-order valence-electron chi connectivity index (χ0n) is 13.9. The van der Waals surface area contributed by atoms with Crippen molar-refractivity contribution in [2.24, 2.45) is 5.73 Å². The van der Waals surface area contributed by atoms with Gasteiger partial charge in [0.15, 0.2) is 0 Å². The minimum atomic E-state index is -0.707. The van der Waals surface area contributed by atoms with Crippen molar-refractivity contribution in [3.63, 3.8) is 0 Å². The van der Waals surface area contributed by atoms with Crippen molar-refractivity contribution in [3.05, 3.63) is 29.3 Å². The van der Waals surface area contributed by atoms with E-state index in [2.05, 4.69) is 0 Å². The molecule has 0 saturated heterocycles. The number of nitrogens with two attached hydrogens (primary N) is 1. The van der Waals surface area contributed by atoms with Gasteiger partial charge >= 0.3 is 5.97 Å². The lowest BCUT2D eigenvalue weighted by molar-refractivity contribution is -0.156. The number of carbonyl (C=O) groups is 1. The largest absolute Gasteiger partial charge is 0.508 e. The molecule has 1 rings (SSSR count). The molecular weight excluding hydrogens is 266 g/mol. The maximum atomic E-state index is 11.9. The van der Waals surface area contributed by atoms with E-state index in [0.29, 0.717) is 6.42 Å². The number of rotatable bonds is 3. The lowest BCUT2D eigenvalue weighted by Gasteiger charge is -2.23. The van der Waals surface area contributed by atoms with Gasteiger partial charge < -0.3 is 15.6 Å². The fourth-order valence-electron chi connectivity index (χ4n) is 2.03. The lowest BCUT2D eigenvalue weighted by Crippen LogP contribution is -2.38. The molecule has 3 N–H and O–H groups in total. The molecule has 4 nitrogen and oxygen atoms in total. The summed E-state index contributed by atoms with van der Waals surface area (Å²) in [5.74, 6) is -0.148. The number of benzene rings is 1. The van der Waals surface area contributed by atoms with Gasteiger partial charge in [0.2, 0.25) is 0 Å². The van der Waals surface area contributed by atoms with E-state index >= 15 is 0 Å². The Morgan fingerprint density at radius 3 is 2.29 bits per heavy atom. The molecule has 0 aliphatic carbocycles. The molecule has 0 aliphatic heterocycles. The van der Waals surface area contributed by atoms with Crippen LogP contribution in [0.4, 0.5) is 0 Å². The summed E-state index contributed by atoms with van der Waals surface area (Å²) in [6.45, 7) is 11.5. The lowest BCUT2D eigenvalue weighted by atomic mass is 9.85. The molecule has 0 fully saturated rings. The number of ether oxygens (including phenoxy) is 1. The Balaban J connectivity index is 2.87. The number of phenolic OH excluding ortho intramolecular Hbond substituents is 1. The number of hydrogen-bond donors (Lipinski definition) is 2. The van der Waals surface area contributed by atoms with Gasteiger partial charge in [0.1, 0.15) is 17.4 Å². The summed E-state index contributed by atoms with van der Waals surface area (Å²) in [6.07, 6.45) is 0.387. The van der Waals surface area contributed by atoms with Gasteiger partial charge in [-0.05, 0) is 49.8 Å². The molecule has 0 unspecified atom stereocenters. The molecule has 0 bridgehead atoms. The Kier molecular flexibility index (Phi) is 5.05. The molecule has 0 saturated carbocycles. The third kappa shape index (κ3) is 5.38. The van der Waals surface area contributed by atoms with E-state index in [1.165, 1.54) is 0 Å². The average molecular weight is 293 g/mol. The van der Waals surface area contributed by atoms with E-state index in [1.54, 1.807) is 12.1 Å². The van der Waals surface area contributed by atoms with Gasteiger partial charge in [-0.3, -0.25) is 4.79 Å². The molecule has 21 heavy (non-hydrogen) atoms. The SMILES string of the molecule is CC(C)(C)OC(=O)[C@@H](N)Cc1ccc(O)c(C(C)(C)C)c1. The Morgan fingerprint density at radius 2 is 1.81 bits per heavy atom. The molecule has 1 aromatic rings. The summed E-state index contributed by atoms with van der Waals surface area (Å²) in [4.78, 5) is 11.9. The minimum absolute atomic E-state index is 0.171. The first kappa shape index (κ1) is 17.5. The van der Waals surface area contributed by atoms with Crippen molar-refractivity contribution in [1.29, 1.82) is 0 Å². The predicted molar refractivity (Wildman–Crippen MR) is 84.3 cm³/mol. The van der Waals surface area contributed by atoms with Crippen molar-refractivity contribution in [1.82, 2.24) is 0 Å². The molecule has 0 aliphatic rings. The average Bonchev–Trinajstić information content (AvgIpc) is 2.27. The number of carbonyl (C=O) groups excluding carboxylic acids is 1. The van der Waals surface area contributed by atoms with E-state index in [9.17, 15) is 9.90 Å². The monoisotopic (exact) mass is 293 g/mol. The summed E-state index contributed by atoms with van der Waals surface area (Å²) in [5.41, 5.74) is 6.96. The third-order valence-corrected chi connectivity index (χ3v) is 3.03.